The lowest BCUT2D eigenvalue weighted by Gasteiger charge is -2.31. The van der Waals surface area contributed by atoms with E-state index in [0.29, 0.717) is 24.5 Å². The molecule has 6 rings (SSSR count). The van der Waals surface area contributed by atoms with E-state index in [2.05, 4.69) is 43.3 Å². The Kier molecular flexibility index (Phi) is 5.98. The van der Waals surface area contributed by atoms with Crippen molar-refractivity contribution in [3.63, 3.8) is 0 Å². The van der Waals surface area contributed by atoms with E-state index < -0.39 is 0 Å². The van der Waals surface area contributed by atoms with Crippen LogP contribution in [0.3, 0.4) is 0 Å². The zero-order valence-electron chi connectivity index (χ0n) is 21.5. The second kappa shape index (κ2) is 9.33. The highest BCUT2D eigenvalue weighted by atomic mass is 16.5. The lowest BCUT2D eigenvalue weighted by atomic mass is 9.73. The van der Waals surface area contributed by atoms with E-state index in [-0.39, 0.29) is 29.7 Å². The molecule has 3 aromatic rings. The number of aromatic hydroxyl groups is 1. The van der Waals surface area contributed by atoms with Crippen LogP contribution >= 0.6 is 0 Å². The first-order chi connectivity index (χ1) is 18.0. The molecule has 0 aliphatic heterocycles. The summed E-state index contributed by atoms with van der Waals surface area (Å²) in [7, 11) is 1.55. The monoisotopic (exact) mass is 492 g/mol. The SMILES string of the molecule is CC[C@@H]1CCC(=O)CC(=O)/C=C/c2cc(OC)c(O)c3c2C[C@H]2CC1=Cc1c2c(cc2ccccc12)C3. The first kappa shape index (κ1) is 23.7. The Labute approximate surface area is 217 Å². The van der Waals surface area contributed by atoms with Crippen LogP contribution in [-0.2, 0) is 22.4 Å². The Morgan fingerprint density at radius 2 is 1.86 bits per heavy atom. The largest absolute Gasteiger partial charge is 0.504 e. The first-order valence-electron chi connectivity index (χ1n) is 13.4. The van der Waals surface area contributed by atoms with Crippen LogP contribution < -0.4 is 4.74 Å². The molecule has 0 saturated carbocycles. The summed E-state index contributed by atoms with van der Waals surface area (Å²) in [5.74, 6) is 0.973. The number of fused-ring (bicyclic) bond motifs is 3. The van der Waals surface area contributed by atoms with Crippen molar-refractivity contribution in [2.75, 3.05) is 7.11 Å². The summed E-state index contributed by atoms with van der Waals surface area (Å²) in [5, 5.41) is 13.7. The summed E-state index contributed by atoms with van der Waals surface area (Å²) in [6, 6.07) is 12.7. The van der Waals surface area contributed by atoms with Crippen molar-refractivity contribution in [3.05, 3.63) is 81.4 Å². The Morgan fingerprint density at radius 3 is 2.68 bits per heavy atom. The average molecular weight is 493 g/mol. The van der Waals surface area contributed by atoms with E-state index in [4.69, 9.17) is 4.74 Å². The molecule has 3 aliphatic carbocycles. The number of benzene rings is 3. The number of carbonyl (C=O) groups excluding carboxylic acids is 2. The highest BCUT2D eigenvalue weighted by molar-refractivity contribution is 6.06. The summed E-state index contributed by atoms with van der Waals surface area (Å²) in [6.07, 6.45) is 10.2. The summed E-state index contributed by atoms with van der Waals surface area (Å²) in [6.45, 7) is 2.20. The Balaban J connectivity index is 1.65. The Morgan fingerprint density at radius 1 is 1.03 bits per heavy atom. The topological polar surface area (TPSA) is 63.6 Å². The fourth-order valence-corrected chi connectivity index (χ4v) is 6.77. The number of ether oxygens (including phenoxy) is 1. The van der Waals surface area contributed by atoms with Gasteiger partial charge in [0.1, 0.15) is 5.78 Å². The number of phenols is 1. The van der Waals surface area contributed by atoms with Gasteiger partial charge in [-0.2, -0.15) is 0 Å². The predicted octanol–water partition coefficient (Wildman–Crippen LogP) is 6.93. The molecule has 0 aromatic heterocycles. The van der Waals surface area contributed by atoms with Crippen LogP contribution in [0, 0.1) is 5.92 Å². The summed E-state index contributed by atoms with van der Waals surface area (Å²) < 4.78 is 5.55. The van der Waals surface area contributed by atoms with Gasteiger partial charge in [0.2, 0.25) is 0 Å². The van der Waals surface area contributed by atoms with E-state index in [1.165, 1.54) is 39.1 Å². The Hall–Kier alpha value is -3.66. The number of allylic oxidation sites excluding steroid dienone is 2. The standard InChI is InChI=1S/C33H32O4/c1-3-19-8-10-25(34)18-26(35)11-9-21-17-31(37-2)33(36)30-16-23-12-20-6-4-5-7-27(20)29-14-22(19)13-24(32(23)29)15-28(21)30/h4-7,9,11-12,14,17,19,24,36H,3,8,10,13,15-16,18H2,1-2H3/b11-9+/t19-,24-/m1/s1. The number of rotatable bonds is 2. The van der Waals surface area contributed by atoms with Gasteiger partial charge < -0.3 is 9.84 Å². The average Bonchev–Trinajstić information content (AvgIpc) is 3.06. The van der Waals surface area contributed by atoms with Crippen molar-refractivity contribution in [1.82, 2.24) is 0 Å². The van der Waals surface area contributed by atoms with Gasteiger partial charge in [-0.1, -0.05) is 55.0 Å². The zero-order valence-corrected chi connectivity index (χ0v) is 21.5. The van der Waals surface area contributed by atoms with Crippen molar-refractivity contribution in [3.8, 4) is 11.5 Å². The normalized spacial score (nSPS) is 21.8. The van der Waals surface area contributed by atoms with E-state index in [0.717, 1.165) is 42.4 Å². The molecule has 0 spiro atoms. The third-order valence-electron chi connectivity index (χ3n) is 8.60. The van der Waals surface area contributed by atoms with Crippen LogP contribution in [0.25, 0.3) is 22.9 Å². The van der Waals surface area contributed by atoms with Gasteiger partial charge in [0, 0.05) is 18.4 Å². The quantitative estimate of drug-likeness (QED) is 0.394. The molecule has 37 heavy (non-hydrogen) atoms. The van der Waals surface area contributed by atoms with Crippen molar-refractivity contribution < 1.29 is 19.4 Å². The maximum absolute atomic E-state index is 12.7. The molecule has 0 heterocycles. The number of hydrogen-bond acceptors (Lipinski definition) is 4. The molecule has 3 aliphatic rings. The van der Waals surface area contributed by atoms with Gasteiger partial charge >= 0.3 is 0 Å². The third-order valence-corrected chi connectivity index (χ3v) is 8.60. The van der Waals surface area contributed by atoms with Crippen LogP contribution in [0.2, 0.25) is 0 Å². The van der Waals surface area contributed by atoms with Crippen LogP contribution in [0.4, 0.5) is 0 Å². The molecule has 0 radical (unpaired) electrons. The van der Waals surface area contributed by atoms with E-state index >= 15 is 0 Å². The van der Waals surface area contributed by atoms with Gasteiger partial charge in [-0.05, 0) is 88.3 Å². The number of phenolic OH excluding ortho intramolecular Hbond substituents is 1. The fraction of sp³-hybridized carbons (Fsp3) is 0.333. The van der Waals surface area contributed by atoms with Gasteiger partial charge in [0.15, 0.2) is 17.3 Å². The zero-order chi connectivity index (χ0) is 25.7. The van der Waals surface area contributed by atoms with Gasteiger partial charge in [-0.3, -0.25) is 9.59 Å². The molecule has 3 aromatic carbocycles. The lowest BCUT2D eigenvalue weighted by Crippen LogP contribution is -2.17. The van der Waals surface area contributed by atoms with Gasteiger partial charge in [0.25, 0.3) is 0 Å². The third kappa shape index (κ3) is 4.09. The molecule has 0 saturated heterocycles. The second-order valence-electron chi connectivity index (χ2n) is 10.7. The van der Waals surface area contributed by atoms with Crippen LogP contribution in [0.1, 0.15) is 78.3 Å². The molecule has 0 fully saturated rings. The maximum Gasteiger partial charge on any atom is 0.163 e. The molecule has 188 valence electrons. The lowest BCUT2D eigenvalue weighted by molar-refractivity contribution is -0.124. The number of carbonyl (C=O) groups is 2. The molecular weight excluding hydrogens is 460 g/mol. The minimum absolute atomic E-state index is 0.000212. The number of hydrogen-bond donors (Lipinski definition) is 1. The van der Waals surface area contributed by atoms with Crippen molar-refractivity contribution in [1.29, 1.82) is 0 Å². The second-order valence-corrected chi connectivity index (χ2v) is 10.7. The molecule has 0 unspecified atom stereocenters. The number of ketones is 2. The van der Waals surface area contributed by atoms with Gasteiger partial charge in [0.05, 0.1) is 13.5 Å². The highest BCUT2D eigenvalue weighted by Crippen LogP contribution is 2.49. The fourth-order valence-electron chi connectivity index (χ4n) is 6.77. The van der Waals surface area contributed by atoms with Gasteiger partial charge in [-0.15, -0.1) is 0 Å². The van der Waals surface area contributed by atoms with Crippen molar-refractivity contribution in [2.45, 2.75) is 57.8 Å². The smallest absolute Gasteiger partial charge is 0.163 e. The van der Waals surface area contributed by atoms with Crippen LogP contribution in [0.5, 0.6) is 11.5 Å². The van der Waals surface area contributed by atoms with Gasteiger partial charge in [-0.25, -0.2) is 0 Å². The number of methoxy groups -OCH3 is 1. The summed E-state index contributed by atoms with van der Waals surface area (Å²) in [5.41, 5.74) is 8.13. The summed E-state index contributed by atoms with van der Waals surface area (Å²) >= 11 is 0. The molecule has 0 amide bonds. The Bertz CT molecular complexity index is 1510. The first-order valence-corrected chi connectivity index (χ1v) is 13.4. The van der Waals surface area contributed by atoms with E-state index in [1.807, 2.05) is 12.1 Å². The molecule has 3 bridgehead atoms. The van der Waals surface area contributed by atoms with Crippen molar-refractivity contribution >= 4 is 34.5 Å². The van der Waals surface area contributed by atoms with E-state index in [9.17, 15) is 14.7 Å². The molecule has 4 nitrogen and oxygen atoms in total. The molecule has 2 atom stereocenters. The molecule has 1 N–H and O–H groups in total. The van der Waals surface area contributed by atoms with Crippen LogP contribution in [-0.4, -0.2) is 23.8 Å². The summed E-state index contributed by atoms with van der Waals surface area (Å²) in [4.78, 5) is 25.4. The minimum Gasteiger partial charge on any atom is -0.504 e. The number of Topliss-reactive ketones (excluding diaryl/α,β-unsaturated/α-hetero) is 1. The van der Waals surface area contributed by atoms with Crippen LogP contribution in [0.15, 0.2) is 48.0 Å². The highest BCUT2D eigenvalue weighted by Gasteiger charge is 2.33. The minimum atomic E-state index is -0.180. The molecule has 4 heteroatoms. The van der Waals surface area contributed by atoms with Crippen molar-refractivity contribution in [2.24, 2.45) is 5.92 Å². The predicted molar refractivity (Wildman–Crippen MR) is 147 cm³/mol. The maximum atomic E-state index is 12.7. The molecular formula is C33H32O4. The van der Waals surface area contributed by atoms with E-state index in [1.54, 1.807) is 7.11 Å².